The molecule has 0 saturated carbocycles. The Bertz CT molecular complexity index is 433. The number of alkyl halides is 1. The number of rotatable bonds is 5. The lowest BCUT2D eigenvalue weighted by Gasteiger charge is -2.36. The number of nitriles is 1. The van der Waals surface area contributed by atoms with E-state index < -0.39 is 6.67 Å². The predicted octanol–water partition coefficient (Wildman–Crippen LogP) is 2.58. The van der Waals surface area contributed by atoms with E-state index in [0.717, 1.165) is 50.4 Å². The molecule has 0 aromatic heterocycles. The van der Waals surface area contributed by atoms with Crippen LogP contribution in [0.2, 0.25) is 0 Å². The van der Waals surface area contributed by atoms with E-state index in [4.69, 9.17) is 5.26 Å². The molecule has 0 N–H and O–H groups in total. The van der Waals surface area contributed by atoms with Crippen molar-refractivity contribution in [2.75, 3.05) is 37.6 Å². The Balaban J connectivity index is 1.84. The molecule has 0 amide bonds. The van der Waals surface area contributed by atoms with Gasteiger partial charge in [-0.2, -0.15) is 5.26 Å². The quantitative estimate of drug-likeness (QED) is 0.763. The van der Waals surface area contributed by atoms with Gasteiger partial charge in [0.05, 0.1) is 6.07 Å². The van der Waals surface area contributed by atoms with E-state index in [2.05, 4.69) is 15.9 Å². The van der Waals surface area contributed by atoms with Crippen LogP contribution in [0.1, 0.15) is 18.4 Å². The summed E-state index contributed by atoms with van der Waals surface area (Å²) < 4.78 is 12.7. The van der Waals surface area contributed by atoms with Crippen molar-refractivity contribution in [1.29, 1.82) is 5.26 Å². The largest absolute Gasteiger partial charge is 0.369 e. The summed E-state index contributed by atoms with van der Waals surface area (Å²) in [5.74, 6) is 0. The van der Waals surface area contributed by atoms with Crippen molar-refractivity contribution in [2.24, 2.45) is 0 Å². The average Bonchev–Trinajstić information content (AvgIpc) is 2.48. The fraction of sp³-hybridized carbons (Fsp3) is 0.533. The van der Waals surface area contributed by atoms with E-state index in [1.807, 2.05) is 24.3 Å². The Morgan fingerprint density at radius 2 is 2.00 bits per heavy atom. The fourth-order valence-corrected chi connectivity index (χ4v) is 2.45. The molecule has 1 aliphatic rings. The van der Waals surface area contributed by atoms with Crippen molar-refractivity contribution < 1.29 is 4.39 Å². The van der Waals surface area contributed by atoms with E-state index >= 15 is 0 Å². The van der Waals surface area contributed by atoms with Crippen molar-refractivity contribution >= 4 is 5.69 Å². The van der Waals surface area contributed by atoms with E-state index in [1.54, 1.807) is 0 Å². The van der Waals surface area contributed by atoms with Gasteiger partial charge in [-0.25, -0.2) is 4.39 Å². The Labute approximate surface area is 114 Å². The molecule has 2 rings (SSSR count). The third kappa shape index (κ3) is 3.93. The highest BCUT2D eigenvalue weighted by atomic mass is 19.1. The first kappa shape index (κ1) is 13.8. The molecule has 1 fully saturated rings. The minimum Gasteiger partial charge on any atom is -0.369 e. The van der Waals surface area contributed by atoms with Gasteiger partial charge in [-0.1, -0.05) is 12.1 Å². The van der Waals surface area contributed by atoms with Gasteiger partial charge in [0.15, 0.2) is 0 Å². The molecule has 102 valence electrons. The first-order valence-corrected chi connectivity index (χ1v) is 6.82. The SMILES string of the molecule is N#CCCCN1CCN(c2cccc(CF)c2)CC1. The molecule has 0 radical (unpaired) electrons. The second-order valence-electron chi connectivity index (χ2n) is 4.89. The van der Waals surface area contributed by atoms with Gasteiger partial charge in [0, 0.05) is 38.3 Å². The number of piperazine rings is 1. The van der Waals surface area contributed by atoms with Gasteiger partial charge in [0.2, 0.25) is 0 Å². The van der Waals surface area contributed by atoms with Crippen LogP contribution in [-0.4, -0.2) is 37.6 Å². The van der Waals surface area contributed by atoms with Crippen molar-refractivity contribution in [3.63, 3.8) is 0 Å². The van der Waals surface area contributed by atoms with Gasteiger partial charge in [-0.05, 0) is 30.7 Å². The Morgan fingerprint density at radius 3 is 2.68 bits per heavy atom. The average molecular weight is 261 g/mol. The topological polar surface area (TPSA) is 30.3 Å². The standard InChI is InChI=1S/C15H20FN3/c16-13-14-4-3-5-15(12-14)19-10-8-18(9-11-19)7-2-1-6-17/h3-5,12H,1-2,7-11,13H2. The normalized spacial score (nSPS) is 16.3. The molecule has 4 heteroatoms. The second kappa shape index (κ2) is 7.10. The van der Waals surface area contributed by atoms with Gasteiger partial charge in [0.1, 0.15) is 6.67 Å². The van der Waals surface area contributed by atoms with Crippen molar-refractivity contribution in [2.45, 2.75) is 19.5 Å². The zero-order valence-electron chi connectivity index (χ0n) is 11.2. The summed E-state index contributed by atoms with van der Waals surface area (Å²) in [5, 5.41) is 8.53. The van der Waals surface area contributed by atoms with Crippen molar-refractivity contribution in [3.8, 4) is 6.07 Å². The molecule has 1 heterocycles. The second-order valence-corrected chi connectivity index (χ2v) is 4.89. The van der Waals surface area contributed by atoms with Gasteiger partial charge >= 0.3 is 0 Å². The third-order valence-electron chi connectivity index (χ3n) is 3.57. The van der Waals surface area contributed by atoms with Crippen LogP contribution < -0.4 is 4.90 Å². The van der Waals surface area contributed by atoms with Gasteiger partial charge in [0.25, 0.3) is 0 Å². The fourth-order valence-electron chi connectivity index (χ4n) is 2.45. The Morgan fingerprint density at radius 1 is 1.21 bits per heavy atom. The molecule has 1 aromatic carbocycles. The van der Waals surface area contributed by atoms with E-state index in [9.17, 15) is 4.39 Å². The minimum atomic E-state index is -0.401. The highest BCUT2D eigenvalue weighted by Gasteiger charge is 2.16. The number of benzene rings is 1. The molecule has 0 atom stereocenters. The summed E-state index contributed by atoms with van der Waals surface area (Å²) in [7, 11) is 0. The summed E-state index contributed by atoms with van der Waals surface area (Å²) in [5.41, 5.74) is 1.86. The maximum Gasteiger partial charge on any atom is 0.115 e. The van der Waals surface area contributed by atoms with Crippen LogP contribution in [0.25, 0.3) is 0 Å². The number of hydrogen-bond donors (Lipinski definition) is 0. The summed E-state index contributed by atoms with van der Waals surface area (Å²) >= 11 is 0. The molecule has 0 aliphatic carbocycles. The van der Waals surface area contributed by atoms with E-state index in [0.29, 0.717) is 6.42 Å². The highest BCUT2D eigenvalue weighted by molar-refractivity contribution is 5.49. The molecular formula is C15H20FN3. The van der Waals surface area contributed by atoms with Crippen LogP contribution in [0.3, 0.4) is 0 Å². The van der Waals surface area contributed by atoms with E-state index in [1.165, 1.54) is 0 Å². The molecule has 0 spiro atoms. The zero-order chi connectivity index (χ0) is 13.5. The molecular weight excluding hydrogens is 241 g/mol. The lowest BCUT2D eigenvalue weighted by molar-refractivity contribution is 0.256. The van der Waals surface area contributed by atoms with Crippen LogP contribution in [0.5, 0.6) is 0 Å². The lowest BCUT2D eigenvalue weighted by Crippen LogP contribution is -2.46. The number of hydrogen-bond acceptors (Lipinski definition) is 3. The van der Waals surface area contributed by atoms with Gasteiger partial charge in [-0.3, -0.25) is 4.90 Å². The van der Waals surface area contributed by atoms with Crippen LogP contribution in [0, 0.1) is 11.3 Å². The lowest BCUT2D eigenvalue weighted by atomic mass is 10.2. The molecule has 0 unspecified atom stereocenters. The maximum atomic E-state index is 12.7. The summed E-state index contributed by atoms with van der Waals surface area (Å²) in [6, 6.07) is 9.91. The predicted molar refractivity (Wildman–Crippen MR) is 74.8 cm³/mol. The van der Waals surface area contributed by atoms with Crippen LogP contribution in [0.4, 0.5) is 10.1 Å². The zero-order valence-corrected chi connectivity index (χ0v) is 11.2. The summed E-state index contributed by atoms with van der Waals surface area (Å²) in [6.07, 6.45) is 1.59. The van der Waals surface area contributed by atoms with Gasteiger partial charge in [-0.15, -0.1) is 0 Å². The number of anilines is 1. The summed E-state index contributed by atoms with van der Waals surface area (Å²) in [6.45, 7) is 4.59. The smallest absolute Gasteiger partial charge is 0.115 e. The molecule has 1 aromatic rings. The number of unbranched alkanes of at least 4 members (excludes halogenated alkanes) is 1. The van der Waals surface area contributed by atoms with Crippen LogP contribution >= 0.6 is 0 Å². The first-order valence-electron chi connectivity index (χ1n) is 6.82. The molecule has 1 saturated heterocycles. The van der Waals surface area contributed by atoms with Crippen LogP contribution in [-0.2, 0) is 6.67 Å². The molecule has 0 bridgehead atoms. The van der Waals surface area contributed by atoms with E-state index in [-0.39, 0.29) is 0 Å². The third-order valence-corrected chi connectivity index (χ3v) is 3.57. The number of nitrogens with zero attached hydrogens (tertiary/aromatic N) is 3. The highest BCUT2D eigenvalue weighted by Crippen LogP contribution is 2.18. The molecule has 3 nitrogen and oxygen atoms in total. The Hall–Kier alpha value is -1.60. The Kier molecular flexibility index (Phi) is 5.17. The maximum absolute atomic E-state index is 12.7. The number of halogens is 1. The molecule has 19 heavy (non-hydrogen) atoms. The van der Waals surface area contributed by atoms with Gasteiger partial charge < -0.3 is 4.90 Å². The van der Waals surface area contributed by atoms with Crippen LogP contribution in [0.15, 0.2) is 24.3 Å². The minimum absolute atomic E-state index is 0.401. The summed E-state index contributed by atoms with van der Waals surface area (Å²) in [4.78, 5) is 4.70. The van der Waals surface area contributed by atoms with Crippen molar-refractivity contribution in [1.82, 2.24) is 4.90 Å². The van der Waals surface area contributed by atoms with Crippen molar-refractivity contribution in [3.05, 3.63) is 29.8 Å². The first-order chi connectivity index (χ1) is 9.33. The monoisotopic (exact) mass is 261 g/mol. The molecule has 1 aliphatic heterocycles.